The van der Waals surface area contributed by atoms with E-state index in [0.29, 0.717) is 18.2 Å². The number of ether oxygens (including phenoxy) is 1. The molecule has 1 heterocycles. The zero-order valence-electron chi connectivity index (χ0n) is 12.3. The van der Waals surface area contributed by atoms with Gasteiger partial charge in [-0.3, -0.25) is 0 Å². The number of methoxy groups -OCH3 is 1. The number of hydrogen-bond acceptors (Lipinski definition) is 4. The Morgan fingerprint density at radius 3 is 2.45 bits per heavy atom. The second-order valence-corrected chi connectivity index (χ2v) is 4.80. The van der Waals surface area contributed by atoms with Crippen molar-refractivity contribution in [3.63, 3.8) is 0 Å². The summed E-state index contributed by atoms with van der Waals surface area (Å²) in [5.74, 6) is 1.95. The molecule has 110 valence electrons. The normalized spacial score (nSPS) is 11.0. The van der Waals surface area contributed by atoms with E-state index in [0.717, 1.165) is 16.9 Å². The number of nitrogens with zero attached hydrogens (tertiary/aromatic N) is 2. The van der Waals surface area contributed by atoms with Crippen LogP contribution in [0.25, 0.3) is 12.2 Å². The molecule has 0 radical (unpaired) electrons. The van der Waals surface area contributed by atoms with Crippen LogP contribution in [-0.2, 0) is 6.42 Å². The minimum Gasteiger partial charge on any atom is -0.497 e. The molecule has 0 fully saturated rings. The summed E-state index contributed by atoms with van der Waals surface area (Å²) in [5, 5.41) is 8.10. The fourth-order valence-corrected chi connectivity index (χ4v) is 2.06. The highest BCUT2D eigenvalue weighted by Crippen LogP contribution is 2.14. The van der Waals surface area contributed by atoms with Crippen LogP contribution < -0.4 is 4.74 Å². The summed E-state index contributed by atoms with van der Waals surface area (Å²) in [5.41, 5.74) is 2.19. The van der Waals surface area contributed by atoms with E-state index in [1.54, 1.807) is 7.11 Å². The Bertz CT molecular complexity index is 746. The van der Waals surface area contributed by atoms with Crippen molar-refractivity contribution in [2.45, 2.75) is 6.42 Å². The van der Waals surface area contributed by atoms with Crippen molar-refractivity contribution in [3.05, 3.63) is 77.5 Å². The largest absolute Gasteiger partial charge is 0.497 e. The summed E-state index contributed by atoms with van der Waals surface area (Å²) < 4.78 is 10.7. The molecule has 0 amide bonds. The van der Waals surface area contributed by atoms with Gasteiger partial charge in [0.2, 0.25) is 11.8 Å². The lowest BCUT2D eigenvalue weighted by molar-refractivity contribution is 0.415. The van der Waals surface area contributed by atoms with E-state index < -0.39 is 0 Å². The first kappa shape index (κ1) is 14.1. The molecule has 0 bridgehead atoms. The van der Waals surface area contributed by atoms with Crippen molar-refractivity contribution in [2.24, 2.45) is 0 Å². The highest BCUT2D eigenvalue weighted by Gasteiger charge is 2.04. The van der Waals surface area contributed by atoms with Crippen molar-refractivity contribution in [2.75, 3.05) is 7.11 Å². The summed E-state index contributed by atoms with van der Waals surface area (Å²) in [6.07, 6.45) is 4.38. The van der Waals surface area contributed by atoms with Gasteiger partial charge in [0.15, 0.2) is 0 Å². The van der Waals surface area contributed by atoms with Crippen molar-refractivity contribution >= 4 is 12.2 Å². The number of rotatable bonds is 5. The van der Waals surface area contributed by atoms with Crippen LogP contribution in [0.5, 0.6) is 5.75 Å². The van der Waals surface area contributed by atoms with E-state index >= 15 is 0 Å². The lowest BCUT2D eigenvalue weighted by Crippen LogP contribution is -1.87. The van der Waals surface area contributed by atoms with Gasteiger partial charge in [0.25, 0.3) is 0 Å². The lowest BCUT2D eigenvalue weighted by atomic mass is 10.2. The number of aromatic nitrogens is 2. The quantitative estimate of drug-likeness (QED) is 0.717. The maximum absolute atomic E-state index is 5.62. The van der Waals surface area contributed by atoms with Gasteiger partial charge in [0, 0.05) is 6.08 Å². The fraction of sp³-hybridized carbons (Fsp3) is 0.111. The Labute approximate surface area is 129 Å². The molecule has 22 heavy (non-hydrogen) atoms. The maximum atomic E-state index is 5.62. The molecule has 0 spiro atoms. The Balaban J connectivity index is 1.67. The topological polar surface area (TPSA) is 48.2 Å². The number of hydrogen-bond donors (Lipinski definition) is 0. The van der Waals surface area contributed by atoms with Gasteiger partial charge in [0.1, 0.15) is 5.75 Å². The van der Waals surface area contributed by atoms with E-state index in [-0.39, 0.29) is 0 Å². The Morgan fingerprint density at radius 1 is 0.955 bits per heavy atom. The molecular formula is C18H16N2O2. The van der Waals surface area contributed by atoms with E-state index in [2.05, 4.69) is 10.2 Å². The molecule has 4 heteroatoms. The Morgan fingerprint density at radius 2 is 1.73 bits per heavy atom. The number of benzene rings is 2. The van der Waals surface area contributed by atoms with E-state index in [1.807, 2.05) is 66.7 Å². The van der Waals surface area contributed by atoms with Crippen LogP contribution in [0.2, 0.25) is 0 Å². The first-order valence-corrected chi connectivity index (χ1v) is 7.02. The molecule has 0 N–H and O–H groups in total. The third-order valence-corrected chi connectivity index (χ3v) is 3.21. The minimum atomic E-state index is 0.502. The molecular weight excluding hydrogens is 276 g/mol. The predicted molar refractivity (Wildman–Crippen MR) is 85.5 cm³/mol. The van der Waals surface area contributed by atoms with Crippen molar-refractivity contribution in [1.82, 2.24) is 10.2 Å². The monoisotopic (exact) mass is 292 g/mol. The van der Waals surface area contributed by atoms with Crippen LogP contribution in [0.15, 0.2) is 59.0 Å². The second kappa shape index (κ2) is 6.72. The molecule has 0 aliphatic rings. The molecule has 0 unspecified atom stereocenters. The predicted octanol–water partition coefficient (Wildman–Crippen LogP) is 3.84. The summed E-state index contributed by atoms with van der Waals surface area (Å²) in [6, 6.07) is 17.8. The van der Waals surface area contributed by atoms with Gasteiger partial charge in [-0.25, -0.2) is 0 Å². The molecule has 0 atom stereocenters. The van der Waals surface area contributed by atoms with Crippen LogP contribution in [-0.4, -0.2) is 17.3 Å². The summed E-state index contributed by atoms with van der Waals surface area (Å²) in [7, 11) is 1.65. The zero-order chi connectivity index (χ0) is 15.2. The molecule has 0 saturated carbocycles. The summed E-state index contributed by atoms with van der Waals surface area (Å²) >= 11 is 0. The van der Waals surface area contributed by atoms with Crippen LogP contribution in [0.3, 0.4) is 0 Å². The molecule has 0 saturated heterocycles. The first-order valence-electron chi connectivity index (χ1n) is 7.02. The highest BCUT2D eigenvalue weighted by molar-refractivity contribution is 5.66. The van der Waals surface area contributed by atoms with E-state index in [1.165, 1.54) is 0 Å². The van der Waals surface area contributed by atoms with Crippen molar-refractivity contribution in [1.29, 1.82) is 0 Å². The fourth-order valence-electron chi connectivity index (χ4n) is 2.06. The SMILES string of the molecule is COc1ccc(/C=C/c2nnc(Cc3ccccc3)o2)cc1. The lowest BCUT2D eigenvalue weighted by Gasteiger charge is -1.98. The molecule has 3 aromatic rings. The Hall–Kier alpha value is -2.88. The van der Waals surface area contributed by atoms with E-state index in [9.17, 15) is 0 Å². The van der Waals surface area contributed by atoms with Crippen LogP contribution >= 0.6 is 0 Å². The van der Waals surface area contributed by atoms with Gasteiger partial charge in [0.05, 0.1) is 13.5 Å². The van der Waals surface area contributed by atoms with Crippen LogP contribution in [0, 0.1) is 0 Å². The first-order chi connectivity index (χ1) is 10.8. The molecule has 1 aromatic heterocycles. The molecule has 3 rings (SSSR count). The van der Waals surface area contributed by atoms with E-state index in [4.69, 9.17) is 9.15 Å². The molecule has 0 aliphatic carbocycles. The van der Waals surface area contributed by atoms with Gasteiger partial charge >= 0.3 is 0 Å². The van der Waals surface area contributed by atoms with Gasteiger partial charge < -0.3 is 9.15 Å². The van der Waals surface area contributed by atoms with Gasteiger partial charge in [-0.15, -0.1) is 10.2 Å². The zero-order valence-corrected chi connectivity index (χ0v) is 12.3. The molecule has 2 aromatic carbocycles. The summed E-state index contributed by atoms with van der Waals surface area (Å²) in [6.45, 7) is 0. The average Bonchev–Trinajstić information content (AvgIpc) is 3.02. The maximum Gasteiger partial charge on any atom is 0.240 e. The average molecular weight is 292 g/mol. The molecule has 4 nitrogen and oxygen atoms in total. The van der Waals surface area contributed by atoms with Gasteiger partial charge in [-0.1, -0.05) is 42.5 Å². The second-order valence-electron chi connectivity index (χ2n) is 4.80. The van der Waals surface area contributed by atoms with Crippen molar-refractivity contribution < 1.29 is 9.15 Å². The van der Waals surface area contributed by atoms with Crippen molar-refractivity contribution in [3.8, 4) is 5.75 Å². The minimum absolute atomic E-state index is 0.502. The standard InChI is InChI=1S/C18H16N2O2/c1-21-16-10-7-14(8-11-16)9-12-17-19-20-18(22-17)13-15-5-3-2-4-6-15/h2-12H,13H2,1H3/b12-9+. The summed E-state index contributed by atoms with van der Waals surface area (Å²) in [4.78, 5) is 0. The third kappa shape index (κ3) is 3.61. The highest BCUT2D eigenvalue weighted by atomic mass is 16.5. The van der Waals surface area contributed by atoms with Crippen LogP contribution in [0.4, 0.5) is 0 Å². The third-order valence-electron chi connectivity index (χ3n) is 3.21. The van der Waals surface area contributed by atoms with Crippen LogP contribution in [0.1, 0.15) is 22.9 Å². The Kier molecular flexibility index (Phi) is 4.30. The van der Waals surface area contributed by atoms with Gasteiger partial charge in [-0.2, -0.15) is 0 Å². The smallest absolute Gasteiger partial charge is 0.240 e. The molecule has 0 aliphatic heterocycles. The van der Waals surface area contributed by atoms with Gasteiger partial charge in [-0.05, 0) is 29.3 Å².